The van der Waals surface area contributed by atoms with Gasteiger partial charge in [-0.3, -0.25) is 0 Å². The second kappa shape index (κ2) is 3.21. The number of fused-ring (bicyclic) bond motifs is 2. The summed E-state index contributed by atoms with van der Waals surface area (Å²) in [5, 5.41) is 4.22. The zero-order valence-electron chi connectivity index (χ0n) is 8.91. The first-order valence-corrected chi connectivity index (χ1v) is 5.58. The molecule has 3 heteroatoms. The van der Waals surface area contributed by atoms with E-state index in [0.29, 0.717) is 17.1 Å². The molecule has 2 saturated heterocycles. The van der Waals surface area contributed by atoms with Gasteiger partial charge in [0.25, 0.3) is 0 Å². The van der Waals surface area contributed by atoms with Gasteiger partial charge in [0, 0.05) is 24.2 Å². The summed E-state index contributed by atoms with van der Waals surface area (Å²) < 4.78 is 0. The molecule has 3 atom stereocenters. The van der Waals surface area contributed by atoms with E-state index in [1.54, 1.807) is 0 Å². The monoisotopic (exact) mass is 209 g/mol. The van der Waals surface area contributed by atoms with Gasteiger partial charge in [-0.15, -0.1) is 0 Å². The number of halogens is 1. The smallest absolute Gasteiger partial charge is 0.311 e. The first-order chi connectivity index (χ1) is 6.83. The van der Waals surface area contributed by atoms with Crippen LogP contribution in [0.4, 0.5) is 0 Å². The molecule has 1 aromatic heterocycles. The summed E-state index contributed by atoms with van der Waals surface area (Å²) in [5.41, 5.74) is 1.34. The summed E-state index contributed by atoms with van der Waals surface area (Å²) in [6.07, 6.45) is 5.86. The summed E-state index contributed by atoms with van der Waals surface area (Å²) in [6.45, 7) is 0. The molecular formula is C11H14ClN2+. The highest BCUT2D eigenvalue weighted by atomic mass is 35.5. The highest BCUT2D eigenvalue weighted by molar-refractivity contribution is 6.29. The Morgan fingerprint density at radius 1 is 1.43 bits per heavy atom. The van der Waals surface area contributed by atoms with E-state index < -0.39 is 0 Å². The van der Waals surface area contributed by atoms with Crippen LogP contribution in [0.5, 0.6) is 0 Å². The maximum Gasteiger partial charge on any atom is 1.00 e. The zero-order chi connectivity index (χ0) is 9.54. The molecule has 2 aliphatic heterocycles. The third kappa shape index (κ3) is 1.33. The molecule has 0 radical (unpaired) electrons. The Kier molecular flexibility index (Phi) is 1.99. The van der Waals surface area contributed by atoms with Crippen LogP contribution in [0.3, 0.4) is 0 Å². The van der Waals surface area contributed by atoms with Crippen molar-refractivity contribution in [2.45, 2.75) is 37.3 Å². The van der Waals surface area contributed by atoms with Gasteiger partial charge in [0.2, 0.25) is 0 Å². The van der Waals surface area contributed by atoms with Crippen molar-refractivity contribution in [3.63, 3.8) is 0 Å². The second-order valence-corrected chi connectivity index (χ2v) is 4.69. The molecule has 0 unspecified atom stereocenters. The van der Waals surface area contributed by atoms with Crippen molar-refractivity contribution < 1.29 is 1.43 Å². The van der Waals surface area contributed by atoms with Crippen molar-refractivity contribution in [1.29, 1.82) is 0 Å². The molecule has 1 N–H and O–H groups in total. The third-order valence-corrected chi connectivity index (χ3v) is 3.70. The standard InChI is InChI=1S/C11H13ClN2/c12-11-4-1-7(6-13-11)9-5-8-2-3-10(9)14-8/h1,4,6,8-10,14H,2-3,5H2/p+1/t8-,9+,10+/m1/s1. The van der Waals surface area contributed by atoms with Crippen LogP contribution in [0.1, 0.15) is 32.2 Å². The number of nitrogens with zero attached hydrogens (tertiary/aromatic N) is 1. The van der Waals surface area contributed by atoms with Crippen LogP contribution in [0.25, 0.3) is 0 Å². The zero-order valence-corrected chi connectivity index (χ0v) is 8.67. The Bertz CT molecular complexity index is 341. The molecule has 2 aliphatic rings. The Labute approximate surface area is 90.2 Å². The molecule has 2 nitrogen and oxygen atoms in total. The molecule has 0 saturated carbocycles. The number of aromatic nitrogens is 1. The Hall–Kier alpha value is -0.600. The number of nitrogens with one attached hydrogen (secondary N) is 1. The van der Waals surface area contributed by atoms with Gasteiger partial charge in [-0.05, 0) is 30.9 Å². The van der Waals surface area contributed by atoms with Crippen molar-refractivity contribution >= 4 is 11.6 Å². The Balaban J connectivity index is 0.000000853. The average Bonchev–Trinajstić information content (AvgIpc) is 2.80. The van der Waals surface area contributed by atoms with Crippen LogP contribution in [0.2, 0.25) is 5.15 Å². The van der Waals surface area contributed by atoms with E-state index in [4.69, 9.17) is 11.6 Å². The van der Waals surface area contributed by atoms with E-state index in [2.05, 4.69) is 16.4 Å². The predicted molar refractivity (Wildman–Crippen MR) is 57.7 cm³/mol. The molecule has 14 heavy (non-hydrogen) atoms. The quantitative estimate of drug-likeness (QED) is 0.719. The fourth-order valence-electron chi connectivity index (χ4n) is 2.80. The normalized spacial score (nSPS) is 35.1. The van der Waals surface area contributed by atoms with Gasteiger partial charge >= 0.3 is 1.43 Å². The van der Waals surface area contributed by atoms with Crippen LogP contribution in [0, 0.1) is 0 Å². The summed E-state index contributed by atoms with van der Waals surface area (Å²) in [4.78, 5) is 4.14. The van der Waals surface area contributed by atoms with Gasteiger partial charge in [-0.25, -0.2) is 4.98 Å². The number of pyridine rings is 1. The van der Waals surface area contributed by atoms with Crippen LogP contribution in [-0.2, 0) is 0 Å². The molecule has 0 aromatic carbocycles. The lowest BCUT2D eigenvalue weighted by Crippen LogP contribution is -2.21. The minimum absolute atomic E-state index is 0. The fraction of sp³-hybridized carbons (Fsp3) is 0.545. The van der Waals surface area contributed by atoms with Gasteiger partial charge in [0.05, 0.1) is 0 Å². The minimum atomic E-state index is 0. The maximum absolute atomic E-state index is 5.77. The Morgan fingerprint density at radius 3 is 2.93 bits per heavy atom. The lowest BCUT2D eigenvalue weighted by Gasteiger charge is -2.19. The van der Waals surface area contributed by atoms with Gasteiger partial charge in [0.15, 0.2) is 0 Å². The summed E-state index contributed by atoms with van der Waals surface area (Å²) in [7, 11) is 0. The first-order valence-electron chi connectivity index (χ1n) is 5.20. The lowest BCUT2D eigenvalue weighted by molar-refractivity contribution is 0.505. The van der Waals surface area contributed by atoms with Crippen molar-refractivity contribution in [2.75, 3.05) is 0 Å². The van der Waals surface area contributed by atoms with Crippen molar-refractivity contribution in [2.24, 2.45) is 0 Å². The van der Waals surface area contributed by atoms with E-state index in [1.807, 2.05) is 12.3 Å². The van der Waals surface area contributed by atoms with Crippen molar-refractivity contribution in [3.05, 3.63) is 29.0 Å². The molecule has 74 valence electrons. The molecular weight excluding hydrogens is 196 g/mol. The fourth-order valence-corrected chi connectivity index (χ4v) is 2.91. The van der Waals surface area contributed by atoms with Crippen LogP contribution >= 0.6 is 11.6 Å². The number of hydrogen-bond donors (Lipinski definition) is 1. The maximum atomic E-state index is 5.77. The molecule has 3 rings (SSSR count). The van der Waals surface area contributed by atoms with Gasteiger partial charge in [-0.1, -0.05) is 17.7 Å². The molecule has 2 bridgehead atoms. The summed E-state index contributed by atoms with van der Waals surface area (Å²) in [6, 6.07) is 5.44. The third-order valence-electron chi connectivity index (χ3n) is 3.48. The molecule has 2 fully saturated rings. The van der Waals surface area contributed by atoms with Gasteiger partial charge in [-0.2, -0.15) is 0 Å². The highest BCUT2D eigenvalue weighted by Crippen LogP contribution is 2.39. The predicted octanol–water partition coefficient (Wildman–Crippen LogP) is 2.46. The van der Waals surface area contributed by atoms with E-state index >= 15 is 0 Å². The summed E-state index contributed by atoms with van der Waals surface area (Å²) in [5.74, 6) is 0.665. The number of rotatable bonds is 1. The lowest BCUT2D eigenvalue weighted by atomic mass is 9.85. The van der Waals surface area contributed by atoms with Crippen molar-refractivity contribution in [3.8, 4) is 0 Å². The van der Waals surface area contributed by atoms with E-state index in [0.717, 1.165) is 6.04 Å². The molecule has 0 spiro atoms. The Morgan fingerprint density at radius 2 is 2.36 bits per heavy atom. The van der Waals surface area contributed by atoms with Crippen LogP contribution in [0.15, 0.2) is 18.3 Å². The van der Waals surface area contributed by atoms with E-state index in [9.17, 15) is 0 Å². The van der Waals surface area contributed by atoms with Gasteiger partial charge in [0.1, 0.15) is 5.15 Å². The molecule has 0 aliphatic carbocycles. The molecule has 3 heterocycles. The van der Waals surface area contributed by atoms with E-state index in [-0.39, 0.29) is 1.43 Å². The minimum Gasteiger partial charge on any atom is -0.311 e. The largest absolute Gasteiger partial charge is 1.00 e. The highest BCUT2D eigenvalue weighted by Gasteiger charge is 2.39. The van der Waals surface area contributed by atoms with Gasteiger partial charge < -0.3 is 5.32 Å². The number of hydrogen-bond acceptors (Lipinski definition) is 2. The van der Waals surface area contributed by atoms with Crippen LogP contribution < -0.4 is 5.32 Å². The SMILES string of the molecule is Clc1ccc([C@@H]2C[C@H]3CC[C@@H]2N3)cn1.[H+]. The van der Waals surface area contributed by atoms with Crippen LogP contribution in [-0.4, -0.2) is 17.1 Å². The van der Waals surface area contributed by atoms with Crippen molar-refractivity contribution in [1.82, 2.24) is 10.3 Å². The van der Waals surface area contributed by atoms with E-state index in [1.165, 1.54) is 24.8 Å². The average molecular weight is 210 g/mol. The molecule has 0 amide bonds. The molecule has 1 aromatic rings. The second-order valence-electron chi connectivity index (χ2n) is 4.30. The first kappa shape index (κ1) is 8.69. The topological polar surface area (TPSA) is 24.9 Å². The summed E-state index contributed by atoms with van der Waals surface area (Å²) >= 11 is 5.77.